The number of halogens is 1. The predicted octanol–water partition coefficient (Wildman–Crippen LogP) is 3.62. The molecular formula is C11H12ClNS. The van der Waals surface area contributed by atoms with Crippen LogP contribution in [0.2, 0.25) is 5.02 Å². The van der Waals surface area contributed by atoms with Crippen molar-refractivity contribution in [3.63, 3.8) is 0 Å². The van der Waals surface area contributed by atoms with Gasteiger partial charge in [0.05, 0.1) is 5.02 Å². The van der Waals surface area contributed by atoms with Crippen LogP contribution in [-0.2, 0) is 0 Å². The molecule has 0 aliphatic heterocycles. The molecule has 0 bridgehead atoms. The SMILES string of the molecule is CC(CN)c1sc2ccccc2c1Cl. The molecule has 0 fully saturated rings. The zero-order chi connectivity index (χ0) is 10.1. The highest BCUT2D eigenvalue weighted by molar-refractivity contribution is 7.19. The zero-order valence-electron chi connectivity index (χ0n) is 7.96. The zero-order valence-corrected chi connectivity index (χ0v) is 9.53. The third kappa shape index (κ3) is 1.54. The molecule has 14 heavy (non-hydrogen) atoms. The van der Waals surface area contributed by atoms with Gasteiger partial charge in [-0.15, -0.1) is 11.3 Å². The van der Waals surface area contributed by atoms with Gasteiger partial charge in [-0.05, 0) is 12.6 Å². The summed E-state index contributed by atoms with van der Waals surface area (Å²) in [6.07, 6.45) is 0. The van der Waals surface area contributed by atoms with E-state index < -0.39 is 0 Å². The van der Waals surface area contributed by atoms with E-state index in [4.69, 9.17) is 17.3 Å². The average molecular weight is 226 g/mol. The Morgan fingerprint density at radius 1 is 1.43 bits per heavy atom. The molecule has 0 amide bonds. The fourth-order valence-corrected chi connectivity index (χ4v) is 3.14. The number of rotatable bonds is 2. The fourth-order valence-electron chi connectivity index (χ4n) is 1.46. The van der Waals surface area contributed by atoms with Crippen LogP contribution in [0.5, 0.6) is 0 Å². The van der Waals surface area contributed by atoms with Crippen LogP contribution in [0, 0.1) is 0 Å². The van der Waals surface area contributed by atoms with Gasteiger partial charge in [-0.1, -0.05) is 36.7 Å². The lowest BCUT2D eigenvalue weighted by Gasteiger charge is -2.04. The van der Waals surface area contributed by atoms with Crippen molar-refractivity contribution in [2.45, 2.75) is 12.8 Å². The van der Waals surface area contributed by atoms with Crippen LogP contribution < -0.4 is 5.73 Å². The fraction of sp³-hybridized carbons (Fsp3) is 0.273. The molecule has 3 heteroatoms. The summed E-state index contributed by atoms with van der Waals surface area (Å²) in [6, 6.07) is 8.20. The minimum absolute atomic E-state index is 0.347. The molecule has 0 aliphatic rings. The number of hydrogen-bond acceptors (Lipinski definition) is 2. The molecular weight excluding hydrogens is 214 g/mol. The third-order valence-electron chi connectivity index (χ3n) is 2.36. The Labute approximate surface area is 92.5 Å². The number of hydrogen-bond donors (Lipinski definition) is 1. The van der Waals surface area contributed by atoms with E-state index in [2.05, 4.69) is 19.1 Å². The molecule has 2 aromatic rings. The second-order valence-electron chi connectivity index (χ2n) is 3.41. The van der Waals surface area contributed by atoms with Gasteiger partial charge < -0.3 is 5.73 Å². The number of benzene rings is 1. The van der Waals surface area contributed by atoms with Crippen molar-refractivity contribution in [3.05, 3.63) is 34.2 Å². The van der Waals surface area contributed by atoms with Crippen LogP contribution in [-0.4, -0.2) is 6.54 Å². The Bertz CT molecular complexity index is 449. The van der Waals surface area contributed by atoms with E-state index in [0.717, 1.165) is 10.4 Å². The van der Waals surface area contributed by atoms with Gasteiger partial charge in [0.1, 0.15) is 0 Å². The molecule has 0 saturated heterocycles. The molecule has 1 heterocycles. The van der Waals surface area contributed by atoms with Gasteiger partial charge in [-0.25, -0.2) is 0 Å². The smallest absolute Gasteiger partial charge is 0.0627 e. The Morgan fingerprint density at radius 2 is 2.14 bits per heavy atom. The molecule has 2 N–H and O–H groups in total. The molecule has 1 atom stereocenters. The molecule has 0 saturated carbocycles. The predicted molar refractivity (Wildman–Crippen MR) is 64.3 cm³/mol. The molecule has 0 radical (unpaired) electrons. The van der Waals surface area contributed by atoms with Gasteiger partial charge in [0, 0.05) is 20.9 Å². The molecule has 0 aliphatic carbocycles. The summed E-state index contributed by atoms with van der Waals surface area (Å²) in [6.45, 7) is 2.75. The molecule has 0 spiro atoms. The van der Waals surface area contributed by atoms with Crippen LogP contribution in [0.4, 0.5) is 0 Å². The van der Waals surface area contributed by atoms with E-state index in [9.17, 15) is 0 Å². The maximum absolute atomic E-state index is 6.29. The van der Waals surface area contributed by atoms with Gasteiger partial charge in [-0.2, -0.15) is 0 Å². The molecule has 1 aromatic heterocycles. The summed E-state index contributed by atoms with van der Waals surface area (Å²) in [5, 5.41) is 2.03. The lowest BCUT2D eigenvalue weighted by atomic mass is 10.1. The normalized spacial score (nSPS) is 13.4. The number of fused-ring (bicyclic) bond motifs is 1. The molecule has 1 nitrogen and oxygen atoms in total. The maximum Gasteiger partial charge on any atom is 0.0627 e. The highest BCUT2D eigenvalue weighted by atomic mass is 35.5. The van der Waals surface area contributed by atoms with E-state index in [0.29, 0.717) is 12.5 Å². The van der Waals surface area contributed by atoms with Crippen molar-refractivity contribution in [2.75, 3.05) is 6.54 Å². The summed E-state index contributed by atoms with van der Waals surface area (Å²) >= 11 is 8.03. The quantitative estimate of drug-likeness (QED) is 0.830. The van der Waals surface area contributed by atoms with E-state index in [1.54, 1.807) is 11.3 Å². The van der Waals surface area contributed by atoms with Gasteiger partial charge in [0.15, 0.2) is 0 Å². The van der Waals surface area contributed by atoms with Crippen LogP contribution in [0.25, 0.3) is 10.1 Å². The number of thiophene rings is 1. The Hall–Kier alpha value is -0.570. The average Bonchev–Trinajstić information content (AvgIpc) is 2.56. The molecule has 2 rings (SSSR count). The highest BCUT2D eigenvalue weighted by Gasteiger charge is 2.14. The van der Waals surface area contributed by atoms with Crippen LogP contribution in [0.3, 0.4) is 0 Å². The van der Waals surface area contributed by atoms with Crippen LogP contribution in [0.15, 0.2) is 24.3 Å². The van der Waals surface area contributed by atoms with Crippen molar-refractivity contribution in [3.8, 4) is 0 Å². The maximum atomic E-state index is 6.29. The molecule has 1 unspecified atom stereocenters. The Morgan fingerprint density at radius 3 is 2.79 bits per heavy atom. The van der Waals surface area contributed by atoms with Crippen molar-refractivity contribution in [1.82, 2.24) is 0 Å². The second-order valence-corrected chi connectivity index (χ2v) is 4.87. The van der Waals surface area contributed by atoms with Crippen molar-refractivity contribution >= 4 is 33.0 Å². The van der Waals surface area contributed by atoms with Crippen LogP contribution >= 0.6 is 22.9 Å². The molecule has 1 aromatic carbocycles. The first kappa shape index (κ1) is 9.97. The highest BCUT2D eigenvalue weighted by Crippen LogP contribution is 2.38. The Kier molecular flexibility index (Phi) is 2.77. The summed E-state index contributed by atoms with van der Waals surface area (Å²) in [5.74, 6) is 0.347. The first-order chi connectivity index (χ1) is 6.74. The first-order valence-electron chi connectivity index (χ1n) is 4.61. The number of nitrogens with two attached hydrogens (primary N) is 1. The topological polar surface area (TPSA) is 26.0 Å². The summed E-state index contributed by atoms with van der Waals surface area (Å²) in [5.41, 5.74) is 5.64. The summed E-state index contributed by atoms with van der Waals surface area (Å²) < 4.78 is 1.24. The van der Waals surface area contributed by atoms with E-state index in [1.165, 1.54) is 9.58 Å². The lowest BCUT2D eigenvalue weighted by Crippen LogP contribution is -2.07. The molecule has 74 valence electrons. The minimum Gasteiger partial charge on any atom is -0.330 e. The van der Waals surface area contributed by atoms with Crippen molar-refractivity contribution in [1.29, 1.82) is 0 Å². The lowest BCUT2D eigenvalue weighted by molar-refractivity contribution is 0.790. The van der Waals surface area contributed by atoms with Crippen molar-refractivity contribution < 1.29 is 0 Å². The summed E-state index contributed by atoms with van der Waals surface area (Å²) in [4.78, 5) is 1.20. The Balaban J connectivity index is 2.62. The largest absolute Gasteiger partial charge is 0.330 e. The second kappa shape index (κ2) is 3.89. The first-order valence-corrected chi connectivity index (χ1v) is 5.80. The van der Waals surface area contributed by atoms with E-state index in [-0.39, 0.29) is 0 Å². The van der Waals surface area contributed by atoms with E-state index in [1.807, 2.05) is 12.1 Å². The van der Waals surface area contributed by atoms with Crippen molar-refractivity contribution in [2.24, 2.45) is 5.73 Å². The minimum atomic E-state index is 0.347. The summed E-state index contributed by atoms with van der Waals surface area (Å²) in [7, 11) is 0. The standard InChI is InChI=1S/C11H12ClNS/c1-7(6-13)11-10(12)8-4-2-3-5-9(8)14-11/h2-5,7H,6,13H2,1H3. The third-order valence-corrected chi connectivity index (χ3v) is 4.28. The monoisotopic (exact) mass is 225 g/mol. The van der Waals surface area contributed by atoms with Gasteiger partial charge in [-0.3, -0.25) is 0 Å². The van der Waals surface area contributed by atoms with Crippen LogP contribution in [0.1, 0.15) is 17.7 Å². The van der Waals surface area contributed by atoms with E-state index >= 15 is 0 Å². The van der Waals surface area contributed by atoms with Gasteiger partial charge in [0.25, 0.3) is 0 Å². The van der Waals surface area contributed by atoms with Gasteiger partial charge in [0.2, 0.25) is 0 Å². The van der Waals surface area contributed by atoms with Gasteiger partial charge >= 0.3 is 0 Å².